The summed E-state index contributed by atoms with van der Waals surface area (Å²) < 4.78 is 0. The van der Waals surface area contributed by atoms with Crippen LogP contribution in [0.25, 0.3) is 0 Å². The van der Waals surface area contributed by atoms with Gasteiger partial charge in [0.15, 0.2) is 0 Å². The van der Waals surface area contributed by atoms with Crippen LogP contribution in [0.4, 0.5) is 4.79 Å². The second-order valence-corrected chi connectivity index (χ2v) is 3.32. The largest absolute Gasteiger partial charge is 0.352 e. The van der Waals surface area contributed by atoms with E-state index in [1.807, 2.05) is 0 Å². The Bertz CT molecular complexity index is 119. The molecule has 0 radical (unpaired) electrons. The van der Waals surface area contributed by atoms with Gasteiger partial charge in [-0.25, -0.2) is 4.79 Å². The van der Waals surface area contributed by atoms with Gasteiger partial charge >= 0.3 is 6.03 Å². The molecule has 0 aliphatic carbocycles. The van der Waals surface area contributed by atoms with Crippen molar-refractivity contribution in [2.24, 2.45) is 5.73 Å². The highest BCUT2D eigenvalue weighted by molar-refractivity contribution is 6.48. The van der Waals surface area contributed by atoms with Crippen molar-refractivity contribution in [1.82, 2.24) is 5.32 Å². The predicted molar refractivity (Wildman–Crippen MR) is 42.7 cm³/mol. The molecule has 6 heteroatoms. The van der Waals surface area contributed by atoms with E-state index in [1.165, 1.54) is 0 Å². The molecule has 1 unspecified atom stereocenters. The summed E-state index contributed by atoms with van der Waals surface area (Å²) in [5, 5.41) is 1.76. The fourth-order valence-electron chi connectivity index (χ4n) is 0.287. The molecule has 0 bridgehead atoms. The maximum Gasteiger partial charge on any atom is 0.312 e. The Morgan fingerprint density at radius 2 is 2.00 bits per heavy atom. The van der Waals surface area contributed by atoms with Crippen LogP contribution in [0.3, 0.4) is 0 Å². The van der Waals surface area contributed by atoms with E-state index in [9.17, 15) is 4.79 Å². The smallest absolute Gasteiger partial charge is 0.312 e. The zero-order chi connectivity index (χ0) is 8.15. The number of hydrogen-bond donors (Lipinski definition) is 2. The zero-order valence-corrected chi connectivity index (χ0v) is 7.25. The van der Waals surface area contributed by atoms with E-state index in [1.54, 1.807) is 0 Å². The van der Waals surface area contributed by atoms with Crippen molar-refractivity contribution in [1.29, 1.82) is 0 Å². The number of carbonyl (C=O) groups excluding carboxylic acids is 1. The zero-order valence-electron chi connectivity index (χ0n) is 4.98. The van der Waals surface area contributed by atoms with Crippen LogP contribution in [0.15, 0.2) is 0 Å². The third kappa shape index (κ3) is 4.97. The Morgan fingerprint density at radius 1 is 1.50 bits per heavy atom. The summed E-state index contributed by atoms with van der Waals surface area (Å²) >= 11 is 16.2. The molecule has 0 heterocycles. The highest BCUT2D eigenvalue weighted by Crippen LogP contribution is 2.12. The molecule has 3 N–H and O–H groups in total. The molecular formula is C4H7Cl3N2O. The number of urea groups is 1. The summed E-state index contributed by atoms with van der Waals surface area (Å²) in [6.07, 6.45) is 0. The van der Waals surface area contributed by atoms with Crippen molar-refractivity contribution in [2.75, 3.05) is 6.54 Å². The maximum absolute atomic E-state index is 10.1. The number of alkyl halides is 3. The van der Waals surface area contributed by atoms with Gasteiger partial charge in [0, 0.05) is 6.54 Å². The van der Waals surface area contributed by atoms with Crippen molar-refractivity contribution in [3.8, 4) is 0 Å². The van der Waals surface area contributed by atoms with Gasteiger partial charge in [0.05, 0.1) is 5.38 Å². The van der Waals surface area contributed by atoms with Gasteiger partial charge in [-0.15, -0.1) is 34.8 Å². The molecule has 3 nitrogen and oxygen atoms in total. The third-order valence-corrected chi connectivity index (χ3v) is 2.02. The molecule has 0 saturated heterocycles. The van der Waals surface area contributed by atoms with Gasteiger partial charge in [0.1, 0.15) is 4.84 Å². The highest BCUT2D eigenvalue weighted by Gasteiger charge is 2.13. The summed E-state index contributed by atoms with van der Waals surface area (Å²) in [4.78, 5) is 9.39. The first-order chi connectivity index (χ1) is 4.54. The number of primary amides is 1. The van der Waals surface area contributed by atoms with Crippen LogP contribution >= 0.6 is 34.8 Å². The second kappa shape index (κ2) is 4.88. The first kappa shape index (κ1) is 10.1. The van der Waals surface area contributed by atoms with E-state index in [0.717, 1.165) is 0 Å². The number of amides is 2. The van der Waals surface area contributed by atoms with Crippen LogP contribution in [0, 0.1) is 0 Å². The summed E-state index contributed by atoms with van der Waals surface area (Å²) in [6.45, 7) is 0.175. The third-order valence-electron chi connectivity index (χ3n) is 0.745. The molecule has 0 fully saturated rings. The van der Waals surface area contributed by atoms with E-state index >= 15 is 0 Å². The summed E-state index contributed by atoms with van der Waals surface area (Å²) in [7, 11) is 0. The fourth-order valence-corrected chi connectivity index (χ4v) is 0.543. The fraction of sp³-hybridized carbons (Fsp3) is 0.750. The molecule has 0 aliphatic rings. The van der Waals surface area contributed by atoms with Crippen LogP contribution in [0.2, 0.25) is 0 Å². The normalized spacial score (nSPS) is 13.2. The standard InChI is InChI=1S/C4H7Cl3N2O/c5-2(3(6)7)1-9-4(8)10/h2-3H,1H2,(H3,8,9,10). The van der Waals surface area contributed by atoms with Gasteiger partial charge in [-0.2, -0.15) is 0 Å². The molecule has 0 rings (SSSR count). The van der Waals surface area contributed by atoms with Crippen molar-refractivity contribution >= 4 is 40.8 Å². The minimum atomic E-state index is -0.700. The average molecular weight is 205 g/mol. The summed E-state index contributed by atoms with van der Waals surface area (Å²) in [5.74, 6) is 0. The molecule has 60 valence electrons. The van der Waals surface area contributed by atoms with Gasteiger partial charge in [-0.1, -0.05) is 0 Å². The highest BCUT2D eigenvalue weighted by atomic mass is 35.5. The van der Waals surface area contributed by atoms with Crippen LogP contribution in [-0.2, 0) is 0 Å². The number of nitrogens with one attached hydrogen (secondary N) is 1. The lowest BCUT2D eigenvalue weighted by Crippen LogP contribution is -2.35. The number of rotatable bonds is 3. The quantitative estimate of drug-likeness (QED) is 0.665. The molecule has 0 aromatic heterocycles. The molecule has 0 aromatic rings. The van der Waals surface area contributed by atoms with E-state index in [-0.39, 0.29) is 6.54 Å². The number of halogens is 3. The molecule has 10 heavy (non-hydrogen) atoms. The summed E-state index contributed by atoms with van der Waals surface area (Å²) in [5.41, 5.74) is 4.75. The molecule has 0 aromatic carbocycles. The van der Waals surface area contributed by atoms with Crippen molar-refractivity contribution < 1.29 is 4.79 Å². The van der Waals surface area contributed by atoms with Crippen LogP contribution in [-0.4, -0.2) is 22.8 Å². The Morgan fingerprint density at radius 3 is 2.30 bits per heavy atom. The van der Waals surface area contributed by atoms with E-state index in [0.29, 0.717) is 0 Å². The first-order valence-electron chi connectivity index (χ1n) is 2.49. The molecule has 1 atom stereocenters. The molecule has 2 amide bonds. The Labute approximate surface area is 73.8 Å². The Kier molecular flexibility index (Phi) is 4.95. The lowest BCUT2D eigenvalue weighted by Gasteiger charge is -2.08. The monoisotopic (exact) mass is 204 g/mol. The summed E-state index contributed by atoms with van der Waals surface area (Å²) in [6, 6.07) is -0.639. The van der Waals surface area contributed by atoms with Crippen molar-refractivity contribution in [2.45, 2.75) is 10.2 Å². The van der Waals surface area contributed by atoms with E-state index in [4.69, 9.17) is 40.5 Å². The molecule has 0 spiro atoms. The SMILES string of the molecule is NC(=O)NCC(Cl)C(Cl)Cl. The minimum Gasteiger partial charge on any atom is -0.352 e. The van der Waals surface area contributed by atoms with Gasteiger partial charge in [-0.05, 0) is 0 Å². The molecule has 0 saturated carbocycles. The number of nitrogens with two attached hydrogens (primary N) is 1. The topological polar surface area (TPSA) is 55.1 Å². The van der Waals surface area contributed by atoms with Crippen molar-refractivity contribution in [3.63, 3.8) is 0 Å². The predicted octanol–water partition coefficient (Wildman–Crippen LogP) is 1.07. The maximum atomic E-state index is 10.1. The molecule has 0 aliphatic heterocycles. The van der Waals surface area contributed by atoms with Gasteiger partial charge in [0.25, 0.3) is 0 Å². The molecular weight excluding hydrogens is 198 g/mol. The lowest BCUT2D eigenvalue weighted by atomic mass is 10.5. The van der Waals surface area contributed by atoms with Crippen LogP contribution in [0.1, 0.15) is 0 Å². The van der Waals surface area contributed by atoms with Crippen LogP contribution < -0.4 is 11.1 Å². The van der Waals surface area contributed by atoms with E-state index in [2.05, 4.69) is 5.32 Å². The Balaban J connectivity index is 3.39. The van der Waals surface area contributed by atoms with Crippen LogP contribution in [0.5, 0.6) is 0 Å². The number of hydrogen-bond acceptors (Lipinski definition) is 1. The Hall–Kier alpha value is 0.140. The van der Waals surface area contributed by atoms with Gasteiger partial charge in [0.2, 0.25) is 0 Å². The minimum absolute atomic E-state index is 0.175. The van der Waals surface area contributed by atoms with Gasteiger partial charge < -0.3 is 11.1 Å². The van der Waals surface area contributed by atoms with Gasteiger partial charge in [-0.3, -0.25) is 0 Å². The lowest BCUT2D eigenvalue weighted by molar-refractivity contribution is 0.249. The average Bonchev–Trinajstić information content (AvgIpc) is 1.82. The van der Waals surface area contributed by atoms with E-state index < -0.39 is 16.2 Å². The first-order valence-corrected chi connectivity index (χ1v) is 3.80. The second-order valence-electron chi connectivity index (χ2n) is 1.60. The number of carbonyl (C=O) groups is 1. The van der Waals surface area contributed by atoms with Crippen molar-refractivity contribution in [3.05, 3.63) is 0 Å².